The van der Waals surface area contributed by atoms with Crippen molar-refractivity contribution in [3.05, 3.63) is 0 Å². The molecule has 5 rings (SSSR count). The molecule has 22 nitrogen and oxygen atoms in total. The predicted octanol–water partition coefficient (Wildman–Crippen LogP) is 1.55. The van der Waals surface area contributed by atoms with Crippen LogP contribution >= 0.6 is 0 Å². The number of esters is 3. The number of unbranched alkanes of at least 4 members (excludes halogenated alkanes) is 2. The van der Waals surface area contributed by atoms with E-state index in [-0.39, 0.29) is 12.5 Å². The average Bonchev–Trinajstić information content (AvgIpc) is 3.34. The van der Waals surface area contributed by atoms with Crippen LogP contribution in [-0.4, -0.2) is 200 Å². The summed E-state index contributed by atoms with van der Waals surface area (Å²) in [5, 5.41) is 89.0. The number of carbonyl (C=O) groups excluding carboxylic acids is 3. The van der Waals surface area contributed by atoms with Gasteiger partial charge in [0.2, 0.25) is 0 Å². The van der Waals surface area contributed by atoms with Gasteiger partial charge in [-0.2, -0.15) is 0 Å². The Bertz CT molecular complexity index is 1640. The summed E-state index contributed by atoms with van der Waals surface area (Å²) in [6, 6.07) is 0. The highest BCUT2D eigenvalue weighted by atomic mass is 16.8. The molecule has 0 spiro atoms. The molecule has 5 heterocycles. The van der Waals surface area contributed by atoms with E-state index in [1.54, 1.807) is 20.8 Å². The normalized spacial score (nSPS) is 42.4. The van der Waals surface area contributed by atoms with Crippen LogP contribution in [0.25, 0.3) is 0 Å². The lowest BCUT2D eigenvalue weighted by atomic mass is 9.95. The van der Waals surface area contributed by atoms with E-state index in [0.717, 1.165) is 51.4 Å². The first-order valence-corrected chi connectivity index (χ1v) is 26.4. The lowest BCUT2D eigenvalue weighted by Gasteiger charge is -2.50. The molecule has 0 unspecified atom stereocenters. The highest BCUT2D eigenvalue weighted by Gasteiger charge is 2.57. The number of aliphatic hydroxyl groups is 8. The summed E-state index contributed by atoms with van der Waals surface area (Å²) in [5.74, 6) is -4.03. The predicted molar refractivity (Wildman–Crippen MR) is 250 cm³/mol. The first kappa shape index (κ1) is 60.6. The largest absolute Gasteiger partial charge is 0.463 e. The Morgan fingerprint density at radius 3 is 1.85 bits per heavy atom. The molecular weight excluding hydrogens is 953 g/mol. The SMILES string of the molecule is CCCCC[C@H]1CCCCCCCCCC(=O)O[C@@H]2[C@@H](O[C@@H]3O[C@H](C)[C@@H](O)[C@H](O)[C@H]3O)[C@H](C)O[C@@H](O[C@H]3[C@H](O[C@H]4[C@H](O1)O[C@H](C)[C@@H](O)[C@@H]4O)O[C@H](COC(=O)[C@H](C)[C@@H](C)O)[C@@H](O)[C@@H]3O)[C@@H]2OC(=O)[C@@H](C)CC. The second kappa shape index (κ2) is 28.8. The molecule has 5 aliphatic rings. The van der Waals surface area contributed by atoms with Gasteiger partial charge in [0, 0.05) is 6.42 Å². The fourth-order valence-corrected chi connectivity index (χ4v) is 9.41. The standard InChI is InChI=1S/C50H86O22/c1-9-11-17-20-30-21-18-15-13-12-14-16-19-22-32(52)68-43-40(70-47-39(59)36(56)33(53)27(6)63-47)29(8)65-50(44(43)69-45(60)24(3)10-2)72-42-38(58)35(55)31(23-62-46(61)25(4)26(5)51)67-49(42)71-41-37(57)34(54)28(7)64-48(41)66-30/h24-31,33-44,47-51,53-59H,9-23H2,1-8H3/t24-,25+,26+,27+,28+,29-,30-,31+,33+,34+,35+,36-,37-,38-,39+,40-,41+,42+,43+,44+,47-,48-,49-,50-/m0/s1. The van der Waals surface area contributed by atoms with Crippen LogP contribution in [0.1, 0.15) is 145 Å². The van der Waals surface area contributed by atoms with Crippen molar-refractivity contribution in [2.75, 3.05) is 6.61 Å². The van der Waals surface area contributed by atoms with Gasteiger partial charge in [-0.05, 0) is 60.3 Å². The van der Waals surface area contributed by atoms with Crippen molar-refractivity contribution < 1.29 is 107 Å². The van der Waals surface area contributed by atoms with Gasteiger partial charge in [0.15, 0.2) is 37.4 Å². The fraction of sp³-hybridized carbons (Fsp3) is 0.940. The van der Waals surface area contributed by atoms with E-state index in [4.69, 9.17) is 52.1 Å². The van der Waals surface area contributed by atoms with E-state index in [0.29, 0.717) is 32.1 Å². The van der Waals surface area contributed by atoms with Gasteiger partial charge in [-0.15, -0.1) is 0 Å². The maximum atomic E-state index is 13.9. The van der Waals surface area contributed by atoms with Crippen molar-refractivity contribution in [1.29, 1.82) is 0 Å². The Hall–Kier alpha value is -2.23. The van der Waals surface area contributed by atoms with Gasteiger partial charge in [-0.1, -0.05) is 78.6 Å². The van der Waals surface area contributed by atoms with Crippen LogP contribution < -0.4 is 0 Å². The molecule has 72 heavy (non-hydrogen) atoms. The van der Waals surface area contributed by atoms with Gasteiger partial charge in [0.1, 0.15) is 73.8 Å². The highest BCUT2D eigenvalue weighted by Crippen LogP contribution is 2.38. The molecule has 5 aliphatic heterocycles. The van der Waals surface area contributed by atoms with Gasteiger partial charge >= 0.3 is 17.9 Å². The third kappa shape index (κ3) is 15.9. The Balaban J connectivity index is 1.59. The maximum absolute atomic E-state index is 13.9. The Labute approximate surface area is 423 Å². The number of ether oxygens (including phenoxy) is 11. The Morgan fingerprint density at radius 1 is 0.611 bits per heavy atom. The van der Waals surface area contributed by atoms with Gasteiger partial charge in [-0.25, -0.2) is 0 Å². The van der Waals surface area contributed by atoms with E-state index in [9.17, 15) is 55.2 Å². The molecule has 0 aliphatic carbocycles. The van der Waals surface area contributed by atoms with E-state index >= 15 is 0 Å². The number of carbonyl (C=O) groups is 3. The summed E-state index contributed by atoms with van der Waals surface area (Å²) in [5.41, 5.74) is 0. The molecule has 5 saturated heterocycles. The maximum Gasteiger partial charge on any atom is 0.311 e. The van der Waals surface area contributed by atoms with Crippen LogP contribution in [0.15, 0.2) is 0 Å². The summed E-state index contributed by atoms with van der Waals surface area (Å²) in [4.78, 5) is 40.7. The molecule has 8 N–H and O–H groups in total. The second-order valence-corrected chi connectivity index (χ2v) is 20.5. The molecule has 0 saturated carbocycles. The average molecular weight is 1040 g/mol. The van der Waals surface area contributed by atoms with Crippen molar-refractivity contribution >= 4 is 17.9 Å². The molecule has 22 heteroatoms. The van der Waals surface area contributed by atoms with Crippen molar-refractivity contribution in [2.24, 2.45) is 11.8 Å². The zero-order valence-corrected chi connectivity index (χ0v) is 43.3. The molecular formula is C50H86O22. The van der Waals surface area contributed by atoms with Crippen LogP contribution in [0.5, 0.6) is 0 Å². The van der Waals surface area contributed by atoms with E-state index in [2.05, 4.69) is 6.92 Å². The van der Waals surface area contributed by atoms with Gasteiger partial charge < -0.3 is 93.0 Å². The number of fused-ring (bicyclic) bond motifs is 4. The molecule has 24 atom stereocenters. The zero-order chi connectivity index (χ0) is 53.0. The zero-order valence-electron chi connectivity index (χ0n) is 43.3. The summed E-state index contributed by atoms with van der Waals surface area (Å²) >= 11 is 0. The summed E-state index contributed by atoms with van der Waals surface area (Å²) < 4.78 is 68.3. The molecule has 0 amide bonds. The minimum absolute atomic E-state index is 0.0477. The van der Waals surface area contributed by atoms with Gasteiger partial charge in [-0.3, -0.25) is 14.4 Å². The lowest BCUT2D eigenvalue weighted by Crippen LogP contribution is -2.68. The fourth-order valence-electron chi connectivity index (χ4n) is 9.41. The minimum atomic E-state index is -2.00. The number of hydrogen-bond donors (Lipinski definition) is 8. The third-order valence-electron chi connectivity index (χ3n) is 14.7. The topological polar surface area (TPSA) is 315 Å². The highest BCUT2D eigenvalue weighted by molar-refractivity contribution is 5.73. The molecule has 0 aromatic heterocycles. The first-order chi connectivity index (χ1) is 34.2. The minimum Gasteiger partial charge on any atom is -0.463 e. The van der Waals surface area contributed by atoms with Crippen LogP contribution in [0.2, 0.25) is 0 Å². The van der Waals surface area contributed by atoms with Crippen molar-refractivity contribution in [3.8, 4) is 0 Å². The molecule has 2 bridgehead atoms. The summed E-state index contributed by atoms with van der Waals surface area (Å²) in [6.07, 6.45) is -23.1. The lowest BCUT2D eigenvalue weighted by molar-refractivity contribution is -0.399. The second-order valence-electron chi connectivity index (χ2n) is 20.5. The number of rotatable bonds is 13. The van der Waals surface area contributed by atoms with Crippen molar-refractivity contribution in [1.82, 2.24) is 0 Å². The van der Waals surface area contributed by atoms with Crippen LogP contribution in [-0.2, 0) is 66.5 Å². The Morgan fingerprint density at radius 2 is 1.19 bits per heavy atom. The van der Waals surface area contributed by atoms with Gasteiger partial charge in [0.05, 0.1) is 42.4 Å². The smallest absolute Gasteiger partial charge is 0.311 e. The number of aliphatic hydroxyl groups excluding tert-OH is 8. The van der Waals surface area contributed by atoms with E-state index in [1.807, 2.05) is 0 Å². The molecule has 418 valence electrons. The van der Waals surface area contributed by atoms with Crippen molar-refractivity contribution in [3.63, 3.8) is 0 Å². The van der Waals surface area contributed by atoms with Crippen LogP contribution in [0, 0.1) is 11.8 Å². The van der Waals surface area contributed by atoms with E-state index in [1.165, 1.54) is 27.7 Å². The molecule has 5 fully saturated rings. The summed E-state index contributed by atoms with van der Waals surface area (Å²) in [7, 11) is 0. The summed E-state index contributed by atoms with van der Waals surface area (Å²) in [6.45, 7) is 12.1. The Kier molecular flexibility index (Phi) is 24.2. The molecule has 0 radical (unpaired) electrons. The van der Waals surface area contributed by atoms with Gasteiger partial charge in [0.25, 0.3) is 0 Å². The van der Waals surface area contributed by atoms with E-state index < -0.39 is 165 Å². The third-order valence-corrected chi connectivity index (χ3v) is 14.7. The monoisotopic (exact) mass is 1040 g/mol. The number of hydrogen-bond acceptors (Lipinski definition) is 22. The molecule has 0 aromatic carbocycles. The first-order valence-electron chi connectivity index (χ1n) is 26.4. The van der Waals surface area contributed by atoms with Crippen LogP contribution in [0.3, 0.4) is 0 Å². The van der Waals surface area contributed by atoms with Crippen LogP contribution in [0.4, 0.5) is 0 Å². The quantitative estimate of drug-likeness (QED) is 0.0737. The van der Waals surface area contributed by atoms with Crippen molar-refractivity contribution in [2.45, 2.75) is 280 Å². The molecule has 0 aromatic rings.